The molecule has 112 valence electrons. The highest BCUT2D eigenvalue weighted by Crippen LogP contribution is 2.24. The van der Waals surface area contributed by atoms with Gasteiger partial charge in [-0.15, -0.1) is 0 Å². The van der Waals surface area contributed by atoms with Gasteiger partial charge in [-0.05, 0) is 48.8 Å². The lowest BCUT2D eigenvalue weighted by molar-refractivity contribution is 0.00968. The fourth-order valence-corrected chi connectivity index (χ4v) is 2.19. The molecule has 0 aromatic carbocycles. The third kappa shape index (κ3) is 6.28. The van der Waals surface area contributed by atoms with Gasteiger partial charge in [0.1, 0.15) is 20.7 Å². The van der Waals surface area contributed by atoms with E-state index in [9.17, 15) is 13.3 Å². The summed E-state index contributed by atoms with van der Waals surface area (Å²) in [4.78, 5) is 3.97. The quantitative estimate of drug-likeness (QED) is 0.450. The van der Waals surface area contributed by atoms with E-state index >= 15 is 0 Å². The highest BCUT2D eigenvalue weighted by atomic mass is 79.9. The van der Waals surface area contributed by atoms with Crippen LogP contribution in [0.5, 0.6) is 0 Å². The van der Waals surface area contributed by atoms with Crippen LogP contribution in [0.3, 0.4) is 0 Å². The molecule has 1 atom stereocenters. The van der Waals surface area contributed by atoms with E-state index in [2.05, 4.69) is 25.3 Å². The second-order valence-corrected chi connectivity index (χ2v) is 8.08. The second-order valence-electron chi connectivity index (χ2n) is 5.34. The highest BCUT2D eigenvalue weighted by molar-refractivity contribution is 9.10. The maximum absolute atomic E-state index is 13.7. The molecule has 1 aromatic rings. The van der Waals surface area contributed by atoms with Gasteiger partial charge in [-0.3, -0.25) is 0 Å². The van der Waals surface area contributed by atoms with Crippen molar-refractivity contribution in [3.8, 4) is 0 Å². The number of nitrogens with zero attached hydrogens (tertiary/aromatic N) is 2. The molecule has 0 amide bonds. The molecule has 7 heteroatoms. The number of alkyl halides is 2. The average Bonchev–Trinajstić information content (AvgIpc) is 2.26. The maximum Gasteiger partial charge on any atom is 0.258 e. The molecular formula is C13H17BrF2N2OS. The van der Waals surface area contributed by atoms with Crippen LogP contribution in [-0.4, -0.2) is 26.4 Å². The second kappa shape index (κ2) is 6.95. The molecule has 1 heterocycles. The zero-order valence-corrected chi connectivity index (χ0v) is 14.0. The van der Waals surface area contributed by atoms with Gasteiger partial charge in [0.05, 0.1) is 19.1 Å². The van der Waals surface area contributed by atoms with Crippen molar-refractivity contribution in [2.24, 2.45) is 4.40 Å². The standard InChI is InChI=1S/C13H17BrF2N2OS/c1-12(2,3)20(19)17-8-7-13(15,16)9-10-5-4-6-11(14)18-10/h4-6,8H,7,9H2,1-3H3. The first-order chi connectivity index (χ1) is 9.10. The molecule has 0 spiro atoms. The smallest absolute Gasteiger partial charge is 0.258 e. The zero-order chi connectivity index (χ0) is 15.4. The summed E-state index contributed by atoms with van der Waals surface area (Å²) in [5, 5.41) is 0. The van der Waals surface area contributed by atoms with Crippen molar-refractivity contribution in [3.63, 3.8) is 0 Å². The average molecular weight is 367 g/mol. The molecule has 0 saturated heterocycles. The van der Waals surface area contributed by atoms with E-state index in [-0.39, 0.29) is 0 Å². The van der Waals surface area contributed by atoms with Crippen LogP contribution in [0.2, 0.25) is 0 Å². The lowest BCUT2D eigenvalue weighted by Crippen LogP contribution is -2.26. The molecule has 0 bridgehead atoms. The molecule has 0 radical (unpaired) electrons. The van der Waals surface area contributed by atoms with E-state index < -0.39 is 34.9 Å². The van der Waals surface area contributed by atoms with Crippen LogP contribution in [0.15, 0.2) is 27.2 Å². The van der Waals surface area contributed by atoms with Gasteiger partial charge in [0.15, 0.2) is 0 Å². The third-order valence-electron chi connectivity index (χ3n) is 2.30. The maximum atomic E-state index is 13.7. The minimum atomic E-state index is -2.96. The van der Waals surface area contributed by atoms with Gasteiger partial charge < -0.3 is 4.55 Å². The van der Waals surface area contributed by atoms with Crippen LogP contribution in [-0.2, 0) is 17.8 Å². The Bertz CT molecular complexity index is 478. The van der Waals surface area contributed by atoms with Gasteiger partial charge in [-0.1, -0.05) is 10.5 Å². The van der Waals surface area contributed by atoms with Gasteiger partial charge >= 0.3 is 0 Å². The molecule has 0 aliphatic carbocycles. The number of halogens is 3. The highest BCUT2D eigenvalue weighted by Gasteiger charge is 2.30. The van der Waals surface area contributed by atoms with Crippen LogP contribution < -0.4 is 0 Å². The molecule has 0 N–H and O–H groups in total. The summed E-state index contributed by atoms with van der Waals surface area (Å²) in [6.07, 6.45) is 0.0168. The van der Waals surface area contributed by atoms with E-state index in [1.807, 2.05) is 0 Å². The van der Waals surface area contributed by atoms with Gasteiger partial charge in [-0.2, -0.15) is 0 Å². The first-order valence-electron chi connectivity index (χ1n) is 6.04. The summed E-state index contributed by atoms with van der Waals surface area (Å²) in [5.41, 5.74) is 0.301. The Labute approximate surface area is 129 Å². The summed E-state index contributed by atoms with van der Waals surface area (Å²) in [6.45, 7) is 5.22. The lowest BCUT2D eigenvalue weighted by atomic mass is 10.1. The van der Waals surface area contributed by atoms with Crippen molar-refractivity contribution in [2.45, 2.75) is 44.3 Å². The summed E-state index contributed by atoms with van der Waals surface area (Å²) < 4.78 is 42.7. The number of hydrogen-bond acceptors (Lipinski definition) is 3. The van der Waals surface area contributed by atoms with Crippen LogP contribution >= 0.6 is 15.9 Å². The lowest BCUT2D eigenvalue weighted by Gasteiger charge is -2.18. The van der Waals surface area contributed by atoms with Crippen LogP contribution in [0.25, 0.3) is 0 Å². The Morgan fingerprint density at radius 3 is 2.60 bits per heavy atom. The number of hydrogen-bond donors (Lipinski definition) is 0. The third-order valence-corrected chi connectivity index (χ3v) is 4.13. The summed E-state index contributed by atoms with van der Waals surface area (Å²) in [5.74, 6) is -2.96. The normalized spacial score (nSPS) is 14.8. The van der Waals surface area contributed by atoms with Gasteiger partial charge in [0.2, 0.25) is 0 Å². The minimum absolute atomic E-state index is 0.301. The summed E-state index contributed by atoms with van der Waals surface area (Å²) in [6, 6.07) is 4.88. The topological polar surface area (TPSA) is 48.3 Å². The molecular weight excluding hydrogens is 350 g/mol. The minimum Gasteiger partial charge on any atom is -0.591 e. The van der Waals surface area contributed by atoms with Gasteiger partial charge in [0.25, 0.3) is 5.92 Å². The molecule has 1 unspecified atom stereocenters. The Morgan fingerprint density at radius 1 is 1.40 bits per heavy atom. The Balaban J connectivity index is 2.60. The first kappa shape index (κ1) is 17.5. The summed E-state index contributed by atoms with van der Waals surface area (Å²) >= 11 is 1.63. The molecule has 0 fully saturated rings. The van der Waals surface area contributed by atoms with Gasteiger partial charge in [0, 0.05) is 5.69 Å². The number of aromatic nitrogens is 1. The van der Waals surface area contributed by atoms with Crippen molar-refractivity contribution in [3.05, 3.63) is 28.5 Å². The molecule has 1 aromatic heterocycles. The molecule has 20 heavy (non-hydrogen) atoms. The van der Waals surface area contributed by atoms with Crippen molar-refractivity contribution < 1.29 is 13.3 Å². The summed E-state index contributed by atoms with van der Waals surface area (Å²) in [7, 11) is 0. The van der Waals surface area contributed by atoms with Crippen molar-refractivity contribution >= 4 is 33.5 Å². The molecule has 1 rings (SSSR count). The van der Waals surface area contributed by atoms with Crippen molar-refractivity contribution in [2.75, 3.05) is 0 Å². The fourth-order valence-electron chi connectivity index (χ4n) is 1.28. The monoisotopic (exact) mass is 366 g/mol. The van der Waals surface area contributed by atoms with Crippen molar-refractivity contribution in [1.29, 1.82) is 0 Å². The Morgan fingerprint density at radius 2 is 2.05 bits per heavy atom. The van der Waals surface area contributed by atoms with Crippen LogP contribution in [0, 0.1) is 0 Å². The molecule has 0 aliphatic rings. The SMILES string of the molecule is CC(C)(C)[S+]([O-])N=CCC(F)(F)Cc1cccc(Br)n1. The Hall–Kier alpha value is -0.530. The number of rotatable bonds is 5. The zero-order valence-electron chi connectivity index (χ0n) is 11.6. The predicted molar refractivity (Wildman–Crippen MR) is 81.6 cm³/mol. The van der Waals surface area contributed by atoms with E-state index in [4.69, 9.17) is 0 Å². The molecule has 3 nitrogen and oxygen atoms in total. The fraction of sp³-hybridized carbons (Fsp3) is 0.538. The van der Waals surface area contributed by atoms with E-state index in [1.54, 1.807) is 39.0 Å². The molecule has 0 aliphatic heterocycles. The predicted octanol–water partition coefficient (Wildman–Crippen LogP) is 3.95. The van der Waals surface area contributed by atoms with Crippen LogP contribution in [0.4, 0.5) is 8.78 Å². The molecule has 0 saturated carbocycles. The van der Waals surface area contributed by atoms with E-state index in [0.717, 1.165) is 6.21 Å². The Kier molecular flexibility index (Phi) is 6.09. The van der Waals surface area contributed by atoms with Crippen LogP contribution in [0.1, 0.15) is 32.9 Å². The van der Waals surface area contributed by atoms with E-state index in [0.29, 0.717) is 10.3 Å². The van der Waals surface area contributed by atoms with E-state index in [1.165, 1.54) is 0 Å². The van der Waals surface area contributed by atoms with Crippen molar-refractivity contribution in [1.82, 2.24) is 4.98 Å². The largest absolute Gasteiger partial charge is 0.591 e. The van der Waals surface area contributed by atoms with Gasteiger partial charge in [-0.25, -0.2) is 13.8 Å². The first-order valence-corrected chi connectivity index (χ1v) is 7.94. The number of pyridine rings is 1.